The van der Waals surface area contributed by atoms with E-state index < -0.39 is 12.0 Å². The van der Waals surface area contributed by atoms with Crippen molar-refractivity contribution < 1.29 is 14.7 Å². The van der Waals surface area contributed by atoms with E-state index in [1.54, 1.807) is 24.5 Å². The van der Waals surface area contributed by atoms with Crippen molar-refractivity contribution in [3.05, 3.63) is 30.1 Å². The van der Waals surface area contributed by atoms with Crippen LogP contribution in [0.4, 0.5) is 0 Å². The van der Waals surface area contributed by atoms with Crippen LogP contribution in [-0.4, -0.2) is 45.5 Å². The maximum Gasteiger partial charge on any atom is 0.326 e. The number of carbonyl (C=O) groups excluding carboxylic acids is 1. The Morgan fingerprint density at radius 3 is 2.72 bits per heavy atom. The van der Waals surface area contributed by atoms with E-state index in [1.165, 1.54) is 4.90 Å². The van der Waals surface area contributed by atoms with Crippen LogP contribution in [0.5, 0.6) is 0 Å². The second-order valence-electron chi connectivity index (χ2n) is 4.42. The summed E-state index contributed by atoms with van der Waals surface area (Å²) < 4.78 is 0. The predicted molar refractivity (Wildman–Crippen MR) is 63.7 cm³/mol. The Morgan fingerprint density at radius 1 is 1.56 bits per heavy atom. The van der Waals surface area contributed by atoms with Crippen molar-refractivity contribution >= 4 is 11.9 Å². The lowest BCUT2D eigenvalue weighted by molar-refractivity contribution is -0.148. The minimum absolute atomic E-state index is 0.191. The number of carboxylic acid groups (broad SMARTS) is 1. The summed E-state index contributed by atoms with van der Waals surface area (Å²) in [4.78, 5) is 28.2. The average molecular weight is 249 g/mol. The van der Waals surface area contributed by atoms with Crippen LogP contribution >= 0.6 is 0 Å². The summed E-state index contributed by atoms with van der Waals surface area (Å²) in [6, 6.07) is 2.37. The van der Waals surface area contributed by atoms with Crippen LogP contribution in [0.1, 0.15) is 12.0 Å². The molecular weight excluding hydrogens is 234 g/mol. The predicted octanol–water partition coefficient (Wildman–Crippen LogP) is -0.363. The molecule has 1 fully saturated rings. The Labute approximate surface area is 104 Å². The SMILES string of the molecule is NC1CC(=O)N(C(Cc2ccncc2)C(=O)O)C1. The standard InChI is InChI=1S/C12H15N3O3/c13-9-6-11(16)15(7-9)10(12(17)18)5-8-1-3-14-4-2-8/h1-4,9-10H,5-7,13H2,(H,17,18). The first-order valence-corrected chi connectivity index (χ1v) is 5.74. The zero-order valence-electron chi connectivity index (χ0n) is 9.82. The molecule has 0 saturated carbocycles. The van der Waals surface area contributed by atoms with Crippen molar-refractivity contribution in [2.24, 2.45) is 5.73 Å². The van der Waals surface area contributed by atoms with Gasteiger partial charge < -0.3 is 15.7 Å². The van der Waals surface area contributed by atoms with Crippen molar-refractivity contribution in [3.8, 4) is 0 Å². The molecule has 6 heteroatoms. The second kappa shape index (κ2) is 5.14. The fourth-order valence-corrected chi connectivity index (χ4v) is 2.13. The van der Waals surface area contributed by atoms with Gasteiger partial charge in [-0.15, -0.1) is 0 Å². The summed E-state index contributed by atoms with van der Waals surface area (Å²) in [5.41, 5.74) is 6.52. The van der Waals surface area contributed by atoms with Crippen molar-refractivity contribution in [3.63, 3.8) is 0 Å². The van der Waals surface area contributed by atoms with Gasteiger partial charge in [-0.2, -0.15) is 0 Å². The van der Waals surface area contributed by atoms with E-state index in [4.69, 9.17) is 5.73 Å². The molecule has 0 aromatic carbocycles. The molecule has 0 radical (unpaired) electrons. The summed E-state index contributed by atoms with van der Waals surface area (Å²) in [6.45, 7) is 0.306. The number of carboxylic acids is 1. The van der Waals surface area contributed by atoms with Gasteiger partial charge in [0.1, 0.15) is 6.04 Å². The molecule has 1 saturated heterocycles. The van der Waals surface area contributed by atoms with E-state index in [0.29, 0.717) is 6.54 Å². The smallest absolute Gasteiger partial charge is 0.326 e. The highest BCUT2D eigenvalue weighted by Gasteiger charge is 2.36. The number of hydrogen-bond donors (Lipinski definition) is 2. The molecule has 1 amide bonds. The van der Waals surface area contributed by atoms with E-state index in [-0.39, 0.29) is 24.8 Å². The van der Waals surface area contributed by atoms with Crippen LogP contribution in [0.2, 0.25) is 0 Å². The highest BCUT2D eigenvalue weighted by Crippen LogP contribution is 2.16. The van der Waals surface area contributed by atoms with Crippen molar-refractivity contribution in [2.45, 2.75) is 24.9 Å². The van der Waals surface area contributed by atoms with E-state index in [2.05, 4.69) is 4.98 Å². The molecular formula is C12H15N3O3. The van der Waals surface area contributed by atoms with Gasteiger partial charge in [0.15, 0.2) is 0 Å². The Morgan fingerprint density at radius 2 is 2.22 bits per heavy atom. The molecule has 1 aliphatic rings. The summed E-state index contributed by atoms with van der Waals surface area (Å²) in [5, 5.41) is 9.25. The molecule has 1 aromatic rings. The van der Waals surface area contributed by atoms with Gasteiger partial charge in [0, 0.05) is 37.8 Å². The number of carbonyl (C=O) groups is 2. The number of nitrogens with two attached hydrogens (primary N) is 1. The number of aromatic nitrogens is 1. The van der Waals surface area contributed by atoms with Crippen LogP contribution in [0.15, 0.2) is 24.5 Å². The molecule has 96 valence electrons. The fraction of sp³-hybridized carbons (Fsp3) is 0.417. The summed E-state index contributed by atoms with van der Waals surface area (Å²) >= 11 is 0. The Balaban J connectivity index is 2.14. The van der Waals surface area contributed by atoms with Crippen molar-refractivity contribution in [1.29, 1.82) is 0 Å². The molecule has 3 N–H and O–H groups in total. The van der Waals surface area contributed by atoms with Gasteiger partial charge in [-0.3, -0.25) is 9.78 Å². The highest BCUT2D eigenvalue weighted by atomic mass is 16.4. The average Bonchev–Trinajstić information content (AvgIpc) is 2.66. The molecule has 1 aliphatic heterocycles. The van der Waals surface area contributed by atoms with Crippen LogP contribution in [-0.2, 0) is 16.0 Å². The third-order valence-corrected chi connectivity index (χ3v) is 3.03. The lowest BCUT2D eigenvalue weighted by atomic mass is 10.1. The third kappa shape index (κ3) is 2.65. The molecule has 1 aromatic heterocycles. The van der Waals surface area contributed by atoms with E-state index in [1.807, 2.05) is 0 Å². The highest BCUT2D eigenvalue weighted by molar-refractivity contribution is 5.85. The van der Waals surface area contributed by atoms with Gasteiger partial charge in [-0.05, 0) is 17.7 Å². The quantitative estimate of drug-likeness (QED) is 0.759. The molecule has 0 aliphatic carbocycles. The van der Waals surface area contributed by atoms with Gasteiger partial charge in [0.25, 0.3) is 0 Å². The maximum atomic E-state index is 11.7. The van der Waals surface area contributed by atoms with E-state index in [0.717, 1.165) is 5.56 Å². The van der Waals surface area contributed by atoms with Crippen LogP contribution in [0.25, 0.3) is 0 Å². The van der Waals surface area contributed by atoms with Crippen molar-refractivity contribution in [2.75, 3.05) is 6.54 Å². The number of aliphatic carboxylic acids is 1. The number of pyridine rings is 1. The summed E-state index contributed by atoms with van der Waals surface area (Å²) in [6.07, 6.45) is 3.70. The Hall–Kier alpha value is -1.95. The molecule has 2 rings (SSSR count). The molecule has 18 heavy (non-hydrogen) atoms. The molecule has 6 nitrogen and oxygen atoms in total. The van der Waals surface area contributed by atoms with Crippen molar-refractivity contribution in [1.82, 2.24) is 9.88 Å². The number of amides is 1. The Bertz CT molecular complexity index is 449. The first-order valence-electron chi connectivity index (χ1n) is 5.74. The molecule has 2 atom stereocenters. The number of rotatable bonds is 4. The number of nitrogens with zero attached hydrogens (tertiary/aromatic N) is 2. The largest absolute Gasteiger partial charge is 0.480 e. The second-order valence-corrected chi connectivity index (χ2v) is 4.42. The summed E-state index contributed by atoms with van der Waals surface area (Å²) in [5.74, 6) is -1.20. The molecule has 0 bridgehead atoms. The van der Waals surface area contributed by atoms with Crippen LogP contribution in [0, 0.1) is 0 Å². The third-order valence-electron chi connectivity index (χ3n) is 3.03. The lowest BCUT2D eigenvalue weighted by Crippen LogP contribution is -2.44. The number of likely N-dealkylation sites (tertiary alicyclic amines) is 1. The summed E-state index contributed by atoms with van der Waals surface area (Å²) in [7, 11) is 0. The van der Waals surface area contributed by atoms with Gasteiger partial charge in [-0.1, -0.05) is 0 Å². The molecule has 2 unspecified atom stereocenters. The van der Waals surface area contributed by atoms with Crippen LogP contribution in [0.3, 0.4) is 0 Å². The van der Waals surface area contributed by atoms with Gasteiger partial charge >= 0.3 is 5.97 Å². The minimum Gasteiger partial charge on any atom is -0.480 e. The monoisotopic (exact) mass is 249 g/mol. The van der Waals surface area contributed by atoms with Gasteiger partial charge in [0.2, 0.25) is 5.91 Å². The zero-order chi connectivity index (χ0) is 13.1. The fourth-order valence-electron chi connectivity index (χ4n) is 2.13. The molecule has 2 heterocycles. The lowest BCUT2D eigenvalue weighted by Gasteiger charge is -2.24. The zero-order valence-corrected chi connectivity index (χ0v) is 9.82. The Kier molecular flexibility index (Phi) is 3.57. The maximum absolute atomic E-state index is 11.7. The van der Waals surface area contributed by atoms with E-state index in [9.17, 15) is 14.7 Å². The minimum atomic E-state index is -1.01. The normalized spacial score (nSPS) is 21.1. The topological polar surface area (TPSA) is 96.5 Å². The molecule has 0 spiro atoms. The van der Waals surface area contributed by atoms with E-state index >= 15 is 0 Å². The van der Waals surface area contributed by atoms with Gasteiger partial charge in [-0.25, -0.2) is 4.79 Å². The van der Waals surface area contributed by atoms with Gasteiger partial charge in [0.05, 0.1) is 0 Å². The number of hydrogen-bond acceptors (Lipinski definition) is 4. The first-order chi connectivity index (χ1) is 8.58. The first kappa shape index (κ1) is 12.5. The van der Waals surface area contributed by atoms with Crippen LogP contribution < -0.4 is 5.73 Å².